The van der Waals surface area contributed by atoms with Gasteiger partial charge in [-0.3, -0.25) is 0 Å². The van der Waals surface area contributed by atoms with Gasteiger partial charge in [-0.25, -0.2) is 4.79 Å². The number of esters is 1. The van der Waals surface area contributed by atoms with Crippen LogP contribution in [0.15, 0.2) is 18.2 Å². The maximum Gasteiger partial charge on any atom is 0.342 e. The molecule has 1 rings (SSSR count). The van der Waals surface area contributed by atoms with Crippen LogP contribution in [-0.4, -0.2) is 46.6 Å². The minimum Gasteiger partial charge on any atom is -0.488 e. The SMILES string of the molecule is COCCOC(=O)c1cccc(N)c1OCCOC. The summed E-state index contributed by atoms with van der Waals surface area (Å²) in [5.41, 5.74) is 6.48. The van der Waals surface area contributed by atoms with Crippen LogP contribution in [0.5, 0.6) is 5.75 Å². The van der Waals surface area contributed by atoms with Gasteiger partial charge >= 0.3 is 5.97 Å². The fourth-order valence-corrected chi connectivity index (χ4v) is 1.40. The molecule has 0 heterocycles. The zero-order chi connectivity index (χ0) is 14.1. The Balaban J connectivity index is 2.75. The highest BCUT2D eigenvalue weighted by Gasteiger charge is 2.16. The average molecular weight is 269 g/mol. The molecular formula is C13H19NO5. The predicted molar refractivity (Wildman–Crippen MR) is 70.4 cm³/mol. The normalized spacial score (nSPS) is 10.2. The third kappa shape index (κ3) is 4.76. The van der Waals surface area contributed by atoms with Crippen LogP contribution in [0.25, 0.3) is 0 Å². The molecule has 0 bridgehead atoms. The summed E-state index contributed by atoms with van der Waals surface area (Å²) in [6.07, 6.45) is 0. The summed E-state index contributed by atoms with van der Waals surface area (Å²) in [5, 5.41) is 0. The Bertz CT molecular complexity index is 408. The third-order valence-electron chi connectivity index (χ3n) is 2.32. The van der Waals surface area contributed by atoms with Gasteiger partial charge in [0.1, 0.15) is 18.8 Å². The first kappa shape index (κ1) is 15.3. The molecule has 0 saturated heterocycles. The molecule has 0 radical (unpaired) electrons. The number of nitrogen functional groups attached to an aromatic ring is 1. The summed E-state index contributed by atoms with van der Waals surface area (Å²) in [7, 11) is 3.10. The Kier molecular flexibility index (Phi) is 6.70. The molecule has 0 spiro atoms. The molecule has 0 unspecified atom stereocenters. The van der Waals surface area contributed by atoms with Crippen molar-refractivity contribution in [3.05, 3.63) is 23.8 Å². The standard InChI is InChI=1S/C13H19NO5/c1-16-6-8-18-12-10(4-3-5-11(12)14)13(15)19-9-7-17-2/h3-5H,6-9,14H2,1-2H3. The van der Waals surface area contributed by atoms with E-state index in [4.69, 9.17) is 24.7 Å². The molecule has 0 amide bonds. The van der Waals surface area contributed by atoms with E-state index in [-0.39, 0.29) is 6.61 Å². The lowest BCUT2D eigenvalue weighted by Gasteiger charge is -2.13. The molecule has 0 aromatic heterocycles. The van der Waals surface area contributed by atoms with Gasteiger partial charge in [-0.1, -0.05) is 6.07 Å². The van der Waals surface area contributed by atoms with E-state index in [1.807, 2.05) is 0 Å². The number of carbonyl (C=O) groups is 1. The number of anilines is 1. The molecule has 6 nitrogen and oxygen atoms in total. The van der Waals surface area contributed by atoms with Crippen LogP contribution in [0.2, 0.25) is 0 Å². The van der Waals surface area contributed by atoms with E-state index in [1.165, 1.54) is 7.11 Å². The number of benzene rings is 1. The largest absolute Gasteiger partial charge is 0.488 e. The van der Waals surface area contributed by atoms with Gasteiger partial charge in [0.05, 0.1) is 18.9 Å². The van der Waals surface area contributed by atoms with Crippen LogP contribution in [0, 0.1) is 0 Å². The van der Waals surface area contributed by atoms with E-state index in [0.29, 0.717) is 36.8 Å². The average Bonchev–Trinajstić information content (AvgIpc) is 2.41. The molecule has 1 aromatic carbocycles. The van der Waals surface area contributed by atoms with E-state index in [0.717, 1.165) is 0 Å². The summed E-state index contributed by atoms with van der Waals surface area (Å²) < 4.78 is 20.2. The first-order valence-electron chi connectivity index (χ1n) is 5.87. The first-order chi connectivity index (χ1) is 9.20. The van der Waals surface area contributed by atoms with Gasteiger partial charge in [0, 0.05) is 14.2 Å². The van der Waals surface area contributed by atoms with Crippen LogP contribution in [0.1, 0.15) is 10.4 Å². The number of hydrogen-bond acceptors (Lipinski definition) is 6. The highest BCUT2D eigenvalue weighted by atomic mass is 16.6. The van der Waals surface area contributed by atoms with Crippen molar-refractivity contribution in [3.63, 3.8) is 0 Å². The second-order valence-corrected chi connectivity index (χ2v) is 3.69. The van der Waals surface area contributed by atoms with Crippen LogP contribution in [-0.2, 0) is 14.2 Å². The minimum absolute atomic E-state index is 0.182. The van der Waals surface area contributed by atoms with Crippen molar-refractivity contribution in [2.45, 2.75) is 0 Å². The number of nitrogens with two attached hydrogens (primary N) is 1. The predicted octanol–water partition coefficient (Wildman–Crippen LogP) is 1.10. The Labute approximate surface area is 112 Å². The Morgan fingerprint density at radius 1 is 1.11 bits per heavy atom. The zero-order valence-corrected chi connectivity index (χ0v) is 11.2. The highest BCUT2D eigenvalue weighted by Crippen LogP contribution is 2.27. The van der Waals surface area contributed by atoms with Crippen molar-refractivity contribution in [2.75, 3.05) is 46.4 Å². The van der Waals surface area contributed by atoms with E-state index >= 15 is 0 Å². The number of methoxy groups -OCH3 is 2. The quantitative estimate of drug-likeness (QED) is 0.432. The van der Waals surface area contributed by atoms with Gasteiger partial charge in [0.2, 0.25) is 0 Å². The van der Waals surface area contributed by atoms with Crippen molar-refractivity contribution < 1.29 is 23.7 Å². The Morgan fingerprint density at radius 2 is 1.79 bits per heavy atom. The molecule has 0 fully saturated rings. The van der Waals surface area contributed by atoms with Gasteiger partial charge in [-0.05, 0) is 12.1 Å². The first-order valence-corrected chi connectivity index (χ1v) is 5.87. The Morgan fingerprint density at radius 3 is 2.47 bits per heavy atom. The van der Waals surface area contributed by atoms with E-state index in [2.05, 4.69) is 0 Å². The second kappa shape index (κ2) is 8.34. The molecule has 106 valence electrons. The van der Waals surface area contributed by atoms with Crippen molar-refractivity contribution in [1.29, 1.82) is 0 Å². The van der Waals surface area contributed by atoms with Crippen LogP contribution < -0.4 is 10.5 Å². The molecule has 19 heavy (non-hydrogen) atoms. The fourth-order valence-electron chi connectivity index (χ4n) is 1.40. The third-order valence-corrected chi connectivity index (χ3v) is 2.32. The lowest BCUT2D eigenvalue weighted by molar-refractivity contribution is 0.0382. The number of hydrogen-bond donors (Lipinski definition) is 1. The molecular weight excluding hydrogens is 250 g/mol. The molecule has 0 atom stereocenters. The van der Waals surface area contributed by atoms with Gasteiger partial charge in [0.25, 0.3) is 0 Å². The summed E-state index contributed by atoms with van der Waals surface area (Å²) >= 11 is 0. The maximum atomic E-state index is 11.9. The topological polar surface area (TPSA) is 80.0 Å². The van der Waals surface area contributed by atoms with E-state index < -0.39 is 5.97 Å². The zero-order valence-electron chi connectivity index (χ0n) is 11.2. The van der Waals surface area contributed by atoms with Crippen molar-refractivity contribution in [2.24, 2.45) is 0 Å². The summed E-state index contributed by atoms with van der Waals surface area (Å²) in [5.74, 6) is -0.168. The summed E-state index contributed by atoms with van der Waals surface area (Å²) in [6.45, 7) is 1.24. The number of para-hydroxylation sites is 1. The molecule has 0 aliphatic rings. The van der Waals surface area contributed by atoms with Gasteiger partial charge in [-0.15, -0.1) is 0 Å². The monoisotopic (exact) mass is 269 g/mol. The molecule has 2 N–H and O–H groups in total. The van der Waals surface area contributed by atoms with Crippen molar-refractivity contribution >= 4 is 11.7 Å². The lowest BCUT2D eigenvalue weighted by Crippen LogP contribution is -2.14. The second-order valence-electron chi connectivity index (χ2n) is 3.69. The molecule has 0 aliphatic heterocycles. The highest BCUT2D eigenvalue weighted by molar-refractivity contribution is 5.94. The summed E-state index contributed by atoms with van der Waals surface area (Å²) in [4.78, 5) is 11.9. The van der Waals surface area contributed by atoms with Crippen LogP contribution >= 0.6 is 0 Å². The van der Waals surface area contributed by atoms with Crippen LogP contribution in [0.4, 0.5) is 5.69 Å². The number of ether oxygens (including phenoxy) is 4. The van der Waals surface area contributed by atoms with Gasteiger partial charge in [-0.2, -0.15) is 0 Å². The van der Waals surface area contributed by atoms with Crippen molar-refractivity contribution in [3.8, 4) is 5.75 Å². The molecule has 0 saturated carbocycles. The van der Waals surface area contributed by atoms with Crippen LogP contribution in [0.3, 0.4) is 0 Å². The molecule has 0 aliphatic carbocycles. The summed E-state index contributed by atoms with van der Waals surface area (Å²) in [6, 6.07) is 4.94. The lowest BCUT2D eigenvalue weighted by atomic mass is 10.2. The number of rotatable bonds is 8. The smallest absolute Gasteiger partial charge is 0.342 e. The number of carbonyl (C=O) groups excluding carboxylic acids is 1. The Hall–Kier alpha value is -1.79. The fraction of sp³-hybridized carbons (Fsp3) is 0.462. The molecule has 1 aromatic rings. The van der Waals surface area contributed by atoms with E-state index in [9.17, 15) is 4.79 Å². The molecule has 6 heteroatoms. The van der Waals surface area contributed by atoms with Gasteiger partial charge < -0.3 is 24.7 Å². The van der Waals surface area contributed by atoms with Crippen molar-refractivity contribution in [1.82, 2.24) is 0 Å². The maximum absolute atomic E-state index is 11.9. The van der Waals surface area contributed by atoms with E-state index in [1.54, 1.807) is 25.3 Å². The minimum atomic E-state index is -0.489. The van der Waals surface area contributed by atoms with Gasteiger partial charge in [0.15, 0.2) is 5.75 Å².